The van der Waals surface area contributed by atoms with Gasteiger partial charge in [0.15, 0.2) is 0 Å². The third-order valence-electron chi connectivity index (χ3n) is 2.27. The first-order valence-electron chi connectivity index (χ1n) is 4.88. The number of amides is 2. The van der Waals surface area contributed by atoms with Crippen molar-refractivity contribution in [2.45, 2.75) is 6.42 Å². The summed E-state index contributed by atoms with van der Waals surface area (Å²) < 4.78 is 0. The summed E-state index contributed by atoms with van der Waals surface area (Å²) >= 11 is 1.38. The van der Waals surface area contributed by atoms with Gasteiger partial charge in [0.25, 0.3) is 0 Å². The number of primary amides is 1. The van der Waals surface area contributed by atoms with Crippen LogP contribution < -0.4 is 5.73 Å². The molecule has 1 saturated heterocycles. The van der Waals surface area contributed by atoms with Gasteiger partial charge in [0.1, 0.15) is 0 Å². The highest BCUT2D eigenvalue weighted by Gasteiger charge is 2.29. The van der Waals surface area contributed by atoms with E-state index in [1.54, 1.807) is 4.90 Å². The van der Waals surface area contributed by atoms with Gasteiger partial charge < -0.3 is 15.7 Å². The zero-order valence-electron chi connectivity index (χ0n) is 8.52. The van der Waals surface area contributed by atoms with Crippen molar-refractivity contribution in [1.29, 1.82) is 0 Å². The lowest BCUT2D eigenvalue weighted by Crippen LogP contribution is -2.51. The molecular formula is C9H16N2O3S. The van der Waals surface area contributed by atoms with Crippen molar-refractivity contribution >= 4 is 23.6 Å². The number of aliphatic hydroxyl groups excluding tert-OH is 1. The Balaban J connectivity index is 2.02. The second kappa shape index (κ2) is 5.97. The lowest BCUT2D eigenvalue weighted by Gasteiger charge is -2.38. The summed E-state index contributed by atoms with van der Waals surface area (Å²) in [6.45, 7) is 1.48. The first-order valence-corrected chi connectivity index (χ1v) is 6.03. The van der Waals surface area contributed by atoms with Gasteiger partial charge in [-0.15, -0.1) is 0 Å². The molecule has 86 valence electrons. The van der Waals surface area contributed by atoms with Crippen LogP contribution in [0.2, 0.25) is 0 Å². The molecule has 0 aliphatic carbocycles. The van der Waals surface area contributed by atoms with Crippen LogP contribution in [0.15, 0.2) is 0 Å². The number of carbonyl (C=O) groups is 2. The minimum atomic E-state index is -0.350. The molecule has 1 rings (SSSR count). The van der Waals surface area contributed by atoms with Gasteiger partial charge in [-0.1, -0.05) is 0 Å². The number of likely N-dealkylation sites (tertiary alicyclic amines) is 1. The molecule has 0 spiro atoms. The van der Waals surface area contributed by atoms with E-state index in [1.807, 2.05) is 0 Å². The number of rotatable bonds is 6. The van der Waals surface area contributed by atoms with Gasteiger partial charge in [0.2, 0.25) is 11.8 Å². The number of hydrogen-bond acceptors (Lipinski definition) is 4. The van der Waals surface area contributed by atoms with Crippen molar-refractivity contribution in [3.63, 3.8) is 0 Å². The van der Waals surface area contributed by atoms with Crippen LogP contribution in [0.3, 0.4) is 0 Å². The van der Waals surface area contributed by atoms with E-state index in [0.717, 1.165) is 0 Å². The number of carbonyl (C=O) groups excluding carboxylic acids is 2. The van der Waals surface area contributed by atoms with Gasteiger partial charge in [0, 0.05) is 37.8 Å². The van der Waals surface area contributed by atoms with E-state index in [0.29, 0.717) is 25.3 Å². The quantitative estimate of drug-likeness (QED) is 0.578. The topological polar surface area (TPSA) is 83.6 Å². The van der Waals surface area contributed by atoms with Gasteiger partial charge in [-0.2, -0.15) is 11.8 Å². The van der Waals surface area contributed by atoms with Gasteiger partial charge in [-0.05, 0) is 0 Å². The minimum absolute atomic E-state index is 0.0941. The Bertz CT molecular complexity index is 242. The zero-order valence-corrected chi connectivity index (χ0v) is 9.33. The standard InChI is InChI=1S/C9H16N2O3S/c10-8(13)6-15-2-1-9(14)11-3-7(4-11)5-12/h7,12H,1-6H2,(H2,10,13). The molecular weight excluding hydrogens is 216 g/mol. The molecule has 0 atom stereocenters. The Labute approximate surface area is 93.0 Å². The van der Waals surface area contributed by atoms with E-state index in [9.17, 15) is 9.59 Å². The van der Waals surface area contributed by atoms with Crippen LogP contribution in [0.1, 0.15) is 6.42 Å². The van der Waals surface area contributed by atoms with Crippen molar-refractivity contribution in [1.82, 2.24) is 4.90 Å². The van der Waals surface area contributed by atoms with Crippen molar-refractivity contribution < 1.29 is 14.7 Å². The third kappa shape index (κ3) is 4.09. The average Bonchev–Trinajstić information content (AvgIpc) is 2.10. The molecule has 0 radical (unpaired) electrons. The van der Waals surface area contributed by atoms with Crippen molar-refractivity contribution in [2.75, 3.05) is 31.2 Å². The van der Waals surface area contributed by atoms with Crippen LogP contribution in [0.25, 0.3) is 0 Å². The second-order valence-electron chi connectivity index (χ2n) is 3.62. The predicted molar refractivity (Wildman–Crippen MR) is 58.3 cm³/mol. The summed E-state index contributed by atoms with van der Waals surface area (Å²) in [6.07, 6.45) is 0.441. The Morgan fingerprint density at radius 2 is 2.13 bits per heavy atom. The monoisotopic (exact) mass is 232 g/mol. The van der Waals surface area contributed by atoms with E-state index in [4.69, 9.17) is 10.8 Å². The molecule has 0 aromatic carbocycles. The van der Waals surface area contributed by atoms with E-state index < -0.39 is 0 Å². The maximum absolute atomic E-state index is 11.4. The summed E-state index contributed by atoms with van der Waals surface area (Å²) in [7, 11) is 0. The number of aliphatic hydroxyl groups is 1. The molecule has 15 heavy (non-hydrogen) atoms. The first-order chi connectivity index (χ1) is 7.13. The molecule has 5 nitrogen and oxygen atoms in total. The molecule has 3 N–H and O–H groups in total. The Hall–Kier alpha value is -0.750. The van der Waals surface area contributed by atoms with Crippen LogP contribution in [-0.2, 0) is 9.59 Å². The smallest absolute Gasteiger partial charge is 0.227 e. The maximum atomic E-state index is 11.4. The zero-order chi connectivity index (χ0) is 11.3. The highest BCUT2D eigenvalue weighted by Crippen LogP contribution is 2.16. The summed E-state index contributed by atoms with van der Waals surface area (Å²) in [5.74, 6) is 0.898. The predicted octanol–water partition coefficient (Wildman–Crippen LogP) is -0.954. The lowest BCUT2D eigenvalue weighted by molar-refractivity contribution is -0.137. The molecule has 6 heteroatoms. The highest BCUT2D eigenvalue weighted by molar-refractivity contribution is 7.99. The van der Waals surface area contributed by atoms with Gasteiger partial charge in [-0.3, -0.25) is 9.59 Å². The minimum Gasteiger partial charge on any atom is -0.396 e. The number of nitrogens with zero attached hydrogens (tertiary/aromatic N) is 1. The molecule has 0 bridgehead atoms. The summed E-state index contributed by atoms with van der Waals surface area (Å²) in [4.78, 5) is 23.6. The molecule has 0 aromatic rings. The fraction of sp³-hybridized carbons (Fsp3) is 0.778. The van der Waals surface area contributed by atoms with Crippen LogP contribution in [0, 0.1) is 5.92 Å². The largest absolute Gasteiger partial charge is 0.396 e. The molecule has 0 unspecified atom stereocenters. The van der Waals surface area contributed by atoms with Gasteiger partial charge in [0.05, 0.1) is 5.75 Å². The highest BCUT2D eigenvalue weighted by atomic mass is 32.2. The second-order valence-corrected chi connectivity index (χ2v) is 4.72. The van der Waals surface area contributed by atoms with E-state index in [1.165, 1.54) is 11.8 Å². The summed E-state index contributed by atoms with van der Waals surface area (Å²) in [5, 5.41) is 8.77. The van der Waals surface area contributed by atoms with Gasteiger partial charge >= 0.3 is 0 Å². The Kier molecular flexibility index (Phi) is 4.90. The fourth-order valence-electron chi connectivity index (χ4n) is 1.38. The Morgan fingerprint density at radius 3 is 2.67 bits per heavy atom. The third-order valence-corrected chi connectivity index (χ3v) is 3.25. The van der Waals surface area contributed by atoms with Crippen LogP contribution in [-0.4, -0.2) is 53.0 Å². The number of thioether (sulfide) groups is 1. The summed E-state index contributed by atoms with van der Waals surface area (Å²) in [5.41, 5.74) is 4.96. The van der Waals surface area contributed by atoms with E-state index in [-0.39, 0.29) is 30.1 Å². The SMILES string of the molecule is NC(=O)CSCCC(=O)N1CC(CO)C1. The molecule has 1 fully saturated rings. The van der Waals surface area contributed by atoms with Crippen LogP contribution in [0.4, 0.5) is 0 Å². The van der Waals surface area contributed by atoms with Gasteiger partial charge in [-0.25, -0.2) is 0 Å². The van der Waals surface area contributed by atoms with Crippen LogP contribution in [0.5, 0.6) is 0 Å². The average molecular weight is 232 g/mol. The van der Waals surface area contributed by atoms with Crippen molar-refractivity contribution in [3.05, 3.63) is 0 Å². The van der Waals surface area contributed by atoms with Crippen LogP contribution >= 0.6 is 11.8 Å². The first kappa shape index (κ1) is 12.3. The molecule has 1 aliphatic heterocycles. The molecule has 0 aromatic heterocycles. The fourth-order valence-corrected chi connectivity index (χ4v) is 2.04. The normalized spacial score (nSPS) is 16.2. The number of hydrogen-bond donors (Lipinski definition) is 2. The van der Waals surface area contributed by atoms with Crippen molar-refractivity contribution in [2.24, 2.45) is 11.7 Å². The molecule has 0 saturated carbocycles. The van der Waals surface area contributed by atoms with Crippen molar-refractivity contribution in [3.8, 4) is 0 Å². The number of nitrogens with two attached hydrogens (primary N) is 1. The lowest BCUT2D eigenvalue weighted by atomic mass is 10.0. The van der Waals surface area contributed by atoms with E-state index in [2.05, 4.69) is 0 Å². The summed E-state index contributed by atoms with van der Waals surface area (Å²) in [6, 6.07) is 0. The molecule has 1 aliphatic rings. The molecule has 2 amide bonds. The Morgan fingerprint density at radius 1 is 1.47 bits per heavy atom. The maximum Gasteiger partial charge on any atom is 0.227 e. The van der Waals surface area contributed by atoms with E-state index >= 15 is 0 Å². The molecule has 1 heterocycles.